The van der Waals surface area contributed by atoms with Crippen molar-refractivity contribution < 1.29 is 25.5 Å². The van der Waals surface area contributed by atoms with Gasteiger partial charge in [0, 0.05) is 63.6 Å². The second-order valence-electron chi connectivity index (χ2n) is 19.1. The molecule has 8 bridgehead atoms. The molecule has 4 unspecified atom stereocenters. The number of benzene rings is 8. The van der Waals surface area contributed by atoms with E-state index in [9.17, 15) is 25.5 Å². The van der Waals surface area contributed by atoms with Crippen LogP contribution in [0.2, 0.25) is 0 Å². The predicted octanol–water partition coefficient (Wildman–Crippen LogP) is 15.1. The smallest absolute Gasteiger partial charge is 0.123 e. The van der Waals surface area contributed by atoms with Crippen LogP contribution in [0, 0.1) is 0 Å². The summed E-state index contributed by atoms with van der Waals surface area (Å²) in [4.78, 5) is 0. The summed E-state index contributed by atoms with van der Waals surface area (Å²) in [7, 11) is 0. The molecule has 5 nitrogen and oxygen atoms in total. The molecule has 1 aliphatic rings. The second-order valence-corrected chi connectivity index (χ2v) is 19.1. The van der Waals surface area contributed by atoms with E-state index in [1.54, 1.807) is 6.07 Å². The average molecular weight is 913 g/mol. The maximum Gasteiger partial charge on any atom is 0.123 e. The number of aryl methyl sites for hydroxylation is 4. The van der Waals surface area contributed by atoms with Crippen molar-refractivity contribution in [1.29, 1.82) is 0 Å². The van der Waals surface area contributed by atoms with E-state index < -0.39 is 23.7 Å². The Labute approximate surface area is 408 Å². The third-order valence-electron chi connectivity index (χ3n) is 14.3. The van der Waals surface area contributed by atoms with E-state index in [0.29, 0.717) is 27.8 Å². The molecule has 0 amide bonds. The fourth-order valence-corrected chi connectivity index (χ4v) is 10.9. The molecule has 1 aliphatic carbocycles. The molecule has 8 aromatic rings. The summed E-state index contributed by atoms with van der Waals surface area (Å²) >= 11 is 0. The van der Waals surface area contributed by atoms with Gasteiger partial charge in [0.2, 0.25) is 0 Å². The maximum atomic E-state index is 12.2. The first-order chi connectivity index (χ1) is 33.6. The Balaban J connectivity index is 1.39. The number of rotatable bonds is 12. The maximum absolute atomic E-state index is 12.2. The van der Waals surface area contributed by atoms with E-state index in [2.05, 4.69) is 143 Å². The average Bonchev–Trinajstić information content (AvgIpc) is 3.35. The molecule has 69 heavy (non-hydrogen) atoms. The van der Waals surface area contributed by atoms with Crippen molar-refractivity contribution in [3.05, 3.63) is 253 Å². The highest BCUT2D eigenvalue weighted by molar-refractivity contribution is 5.64. The standard InChI is InChI=1S/C64H64O5/c1-5-10-40-16-24-44(25-17-40)61-48-14-9-15-49(34-48)62(45-26-18-41(11-6-2)19-27-45)54-37-55(60(69)39-59(54)68)64(47-30-22-43(13-8-4)23-31-47)51-35-50(32-33-56(51)65)63(46-28-20-42(12-7-3)21-29-46)53-36-52(61)57(66)38-58(53)67/h9,14-39,61-69H,5-8,10-13H2,1-4H3. The molecule has 350 valence electrons. The van der Waals surface area contributed by atoms with Gasteiger partial charge in [0.05, 0.1) is 0 Å². The van der Waals surface area contributed by atoms with Crippen LogP contribution >= 0.6 is 0 Å². The Kier molecular flexibility index (Phi) is 14.0. The summed E-state index contributed by atoms with van der Waals surface area (Å²) in [5.41, 5.74) is 14.2. The molecular weight excluding hydrogens is 849 g/mol. The van der Waals surface area contributed by atoms with Crippen LogP contribution in [0.3, 0.4) is 0 Å². The zero-order valence-corrected chi connectivity index (χ0v) is 40.3. The largest absolute Gasteiger partial charge is 0.508 e. The van der Waals surface area contributed by atoms with Crippen LogP contribution in [0.25, 0.3) is 0 Å². The van der Waals surface area contributed by atoms with Gasteiger partial charge in [-0.3, -0.25) is 0 Å². The van der Waals surface area contributed by atoms with Gasteiger partial charge in [0.1, 0.15) is 28.7 Å². The minimum absolute atomic E-state index is 0.0238. The lowest BCUT2D eigenvalue weighted by molar-refractivity contribution is 0.439. The van der Waals surface area contributed by atoms with Gasteiger partial charge in [-0.05, 0) is 105 Å². The van der Waals surface area contributed by atoms with Gasteiger partial charge in [-0.15, -0.1) is 0 Å². The minimum Gasteiger partial charge on any atom is -0.508 e. The highest BCUT2D eigenvalue weighted by Crippen LogP contribution is 2.50. The minimum atomic E-state index is -0.677. The topological polar surface area (TPSA) is 101 Å². The zero-order chi connectivity index (χ0) is 48.2. The first-order valence-corrected chi connectivity index (χ1v) is 25.0. The van der Waals surface area contributed by atoms with Crippen LogP contribution in [0.1, 0.15) is 166 Å². The predicted molar refractivity (Wildman–Crippen MR) is 280 cm³/mol. The van der Waals surface area contributed by atoms with E-state index in [1.165, 1.54) is 34.4 Å². The Morgan fingerprint density at radius 2 is 0.536 bits per heavy atom. The molecule has 9 rings (SSSR count). The van der Waals surface area contributed by atoms with Crippen LogP contribution in [-0.4, -0.2) is 25.5 Å². The molecule has 0 aromatic heterocycles. The monoisotopic (exact) mass is 912 g/mol. The fraction of sp³-hybridized carbons (Fsp3) is 0.250. The summed E-state index contributed by atoms with van der Waals surface area (Å²) in [6.45, 7) is 8.68. The van der Waals surface area contributed by atoms with Crippen molar-refractivity contribution >= 4 is 0 Å². The lowest BCUT2D eigenvalue weighted by Crippen LogP contribution is -2.12. The highest BCUT2D eigenvalue weighted by Gasteiger charge is 2.32. The van der Waals surface area contributed by atoms with Gasteiger partial charge < -0.3 is 25.5 Å². The molecule has 0 heterocycles. The Morgan fingerprint density at radius 1 is 0.261 bits per heavy atom. The lowest BCUT2D eigenvalue weighted by Gasteiger charge is -2.29. The van der Waals surface area contributed by atoms with Crippen molar-refractivity contribution in [2.45, 2.75) is 103 Å². The number of phenols is 5. The van der Waals surface area contributed by atoms with E-state index in [1.807, 2.05) is 30.3 Å². The van der Waals surface area contributed by atoms with Gasteiger partial charge in [0.15, 0.2) is 0 Å². The molecule has 0 fully saturated rings. The third-order valence-corrected chi connectivity index (χ3v) is 14.3. The fourth-order valence-electron chi connectivity index (χ4n) is 10.9. The molecule has 0 radical (unpaired) electrons. The molecule has 0 spiro atoms. The molecule has 8 aromatic carbocycles. The van der Waals surface area contributed by atoms with E-state index >= 15 is 0 Å². The zero-order valence-electron chi connectivity index (χ0n) is 40.3. The van der Waals surface area contributed by atoms with Crippen LogP contribution in [-0.2, 0) is 25.7 Å². The van der Waals surface area contributed by atoms with E-state index in [-0.39, 0.29) is 28.7 Å². The van der Waals surface area contributed by atoms with Crippen molar-refractivity contribution in [1.82, 2.24) is 0 Å². The van der Waals surface area contributed by atoms with E-state index in [4.69, 9.17) is 0 Å². The molecule has 0 saturated carbocycles. The number of hydrogen-bond acceptors (Lipinski definition) is 5. The lowest BCUT2D eigenvalue weighted by atomic mass is 9.75. The summed E-state index contributed by atoms with van der Waals surface area (Å²) in [6.07, 6.45) is 7.78. The Morgan fingerprint density at radius 3 is 0.870 bits per heavy atom. The van der Waals surface area contributed by atoms with Gasteiger partial charge >= 0.3 is 0 Å². The quantitative estimate of drug-likeness (QED) is 0.0841. The summed E-state index contributed by atoms with van der Waals surface area (Å²) < 4.78 is 0. The van der Waals surface area contributed by atoms with Crippen molar-refractivity contribution in [3.8, 4) is 28.7 Å². The molecule has 0 aliphatic heterocycles. The van der Waals surface area contributed by atoms with Crippen molar-refractivity contribution in [2.24, 2.45) is 0 Å². The summed E-state index contributed by atoms with van der Waals surface area (Å²) in [5, 5.41) is 60.9. The Bertz CT molecular complexity index is 3040. The molecule has 4 atom stereocenters. The first-order valence-electron chi connectivity index (χ1n) is 25.0. The van der Waals surface area contributed by atoms with Gasteiger partial charge in [-0.1, -0.05) is 187 Å². The highest BCUT2D eigenvalue weighted by atomic mass is 16.3. The Hall–Kier alpha value is -7.24. The molecule has 0 saturated heterocycles. The van der Waals surface area contributed by atoms with E-state index in [0.717, 1.165) is 90.3 Å². The van der Waals surface area contributed by atoms with Crippen molar-refractivity contribution in [2.75, 3.05) is 0 Å². The van der Waals surface area contributed by atoms with Crippen LogP contribution < -0.4 is 0 Å². The number of aromatic hydroxyl groups is 5. The summed E-state index contributed by atoms with van der Waals surface area (Å²) in [6, 6.07) is 55.1. The second kappa shape index (κ2) is 20.5. The first kappa shape index (κ1) is 46.9. The van der Waals surface area contributed by atoms with Crippen LogP contribution in [0.15, 0.2) is 164 Å². The number of phenolic OH excluding ortho intramolecular Hbond substituents is 5. The molecular formula is C64H64O5. The van der Waals surface area contributed by atoms with Gasteiger partial charge in [-0.25, -0.2) is 0 Å². The number of hydrogen-bond donors (Lipinski definition) is 5. The van der Waals surface area contributed by atoms with Gasteiger partial charge in [0.25, 0.3) is 0 Å². The molecule has 5 heteroatoms. The number of fused-ring (bicyclic) bond motifs is 8. The van der Waals surface area contributed by atoms with Gasteiger partial charge in [-0.2, -0.15) is 0 Å². The third kappa shape index (κ3) is 9.61. The van der Waals surface area contributed by atoms with Crippen LogP contribution in [0.4, 0.5) is 0 Å². The SMILES string of the molecule is CCCc1ccc(C2c3cccc(c3)C(c3ccc(CCC)cc3)c3cc(c(O)cc3O)C(c3ccc(CCC)cc3)c3cc(ccc3O)C(c3ccc(CCC)cc3)c3cc2c(O)cc3O)cc1. The molecule has 5 N–H and O–H groups in total. The normalized spacial score (nSPS) is 16.6. The summed E-state index contributed by atoms with van der Waals surface area (Å²) in [5.74, 6) is -2.33. The van der Waals surface area contributed by atoms with Crippen LogP contribution in [0.5, 0.6) is 28.7 Å². The van der Waals surface area contributed by atoms with Crippen molar-refractivity contribution in [3.63, 3.8) is 0 Å².